The molecule has 0 saturated heterocycles. The minimum Gasteiger partial charge on any atom is -0.460 e. The molecule has 0 aliphatic rings. The van der Waals surface area contributed by atoms with Gasteiger partial charge in [0.15, 0.2) is 5.82 Å². The van der Waals surface area contributed by atoms with Crippen LogP contribution in [0.3, 0.4) is 0 Å². The molecule has 1 aromatic heterocycles. The molecule has 9 nitrogen and oxygen atoms in total. The highest BCUT2D eigenvalue weighted by Gasteiger charge is 2.17. The number of hydrogen-bond donors (Lipinski definition) is 1. The van der Waals surface area contributed by atoms with Crippen LogP contribution in [0.5, 0.6) is 6.01 Å². The standard InChI is InChI=1S/C25H23N5O4/c1-16(2)34-25-27-23(22-7-5-4-6-17(22)3)29(28-25)20-14-10-19(11-15-20)26-24(31)18-8-12-21(13-9-18)30(32)33/h4-16H,1-3H3,(H,26,31). The van der Waals surface area contributed by atoms with Gasteiger partial charge in [-0.05, 0) is 62.7 Å². The summed E-state index contributed by atoms with van der Waals surface area (Å²) in [4.78, 5) is 27.4. The fraction of sp³-hybridized carbons (Fsp3) is 0.160. The van der Waals surface area contributed by atoms with Gasteiger partial charge in [-0.3, -0.25) is 14.9 Å². The van der Waals surface area contributed by atoms with Gasteiger partial charge in [-0.2, -0.15) is 4.98 Å². The van der Waals surface area contributed by atoms with Crippen LogP contribution in [0.25, 0.3) is 17.1 Å². The summed E-state index contributed by atoms with van der Waals surface area (Å²) in [5, 5.41) is 18.1. The van der Waals surface area contributed by atoms with Crippen LogP contribution in [-0.4, -0.2) is 31.7 Å². The van der Waals surface area contributed by atoms with Crippen LogP contribution >= 0.6 is 0 Å². The Hall–Kier alpha value is -4.53. The van der Waals surface area contributed by atoms with Crippen molar-refractivity contribution in [1.82, 2.24) is 14.8 Å². The van der Waals surface area contributed by atoms with E-state index in [2.05, 4.69) is 15.4 Å². The molecule has 0 saturated carbocycles. The normalized spacial score (nSPS) is 10.8. The zero-order valence-electron chi connectivity index (χ0n) is 18.9. The molecule has 4 aromatic rings. The molecule has 1 amide bonds. The molecule has 0 aliphatic carbocycles. The average Bonchev–Trinajstić information content (AvgIpc) is 3.22. The van der Waals surface area contributed by atoms with E-state index in [1.165, 1.54) is 24.3 Å². The smallest absolute Gasteiger partial charge is 0.336 e. The lowest BCUT2D eigenvalue weighted by Gasteiger charge is -2.09. The van der Waals surface area contributed by atoms with Crippen molar-refractivity contribution in [3.05, 3.63) is 94.0 Å². The number of benzene rings is 3. The molecule has 3 aromatic carbocycles. The highest BCUT2D eigenvalue weighted by molar-refractivity contribution is 6.04. The Bertz CT molecular complexity index is 1330. The number of non-ortho nitro benzene ring substituents is 1. The van der Waals surface area contributed by atoms with Crippen molar-refractivity contribution in [2.45, 2.75) is 26.9 Å². The molecule has 34 heavy (non-hydrogen) atoms. The van der Waals surface area contributed by atoms with E-state index in [0.29, 0.717) is 17.1 Å². The molecule has 0 atom stereocenters. The van der Waals surface area contributed by atoms with Crippen molar-refractivity contribution in [2.75, 3.05) is 5.32 Å². The number of amides is 1. The number of nitro benzene ring substituents is 1. The summed E-state index contributed by atoms with van der Waals surface area (Å²) in [5.41, 5.74) is 3.56. The third-order valence-electron chi connectivity index (χ3n) is 5.02. The van der Waals surface area contributed by atoms with Crippen molar-refractivity contribution in [1.29, 1.82) is 0 Å². The van der Waals surface area contributed by atoms with E-state index in [1.54, 1.807) is 16.8 Å². The molecule has 1 heterocycles. The summed E-state index contributed by atoms with van der Waals surface area (Å²) >= 11 is 0. The quantitative estimate of drug-likeness (QED) is 0.302. The van der Waals surface area contributed by atoms with Crippen LogP contribution in [0.15, 0.2) is 72.8 Å². The lowest BCUT2D eigenvalue weighted by atomic mass is 10.1. The Morgan fingerprint density at radius 2 is 1.71 bits per heavy atom. The fourth-order valence-electron chi connectivity index (χ4n) is 3.36. The summed E-state index contributed by atoms with van der Waals surface area (Å²) < 4.78 is 7.43. The number of rotatable bonds is 7. The number of hydrogen-bond acceptors (Lipinski definition) is 6. The second-order valence-corrected chi connectivity index (χ2v) is 7.92. The van der Waals surface area contributed by atoms with Gasteiger partial charge in [-0.1, -0.05) is 24.3 Å². The summed E-state index contributed by atoms with van der Waals surface area (Å²) in [6.07, 6.45) is -0.0717. The Labute approximate surface area is 196 Å². The lowest BCUT2D eigenvalue weighted by molar-refractivity contribution is -0.384. The number of ether oxygens (including phenoxy) is 1. The Morgan fingerprint density at radius 1 is 1.03 bits per heavy atom. The number of nitrogens with one attached hydrogen (secondary N) is 1. The first-order chi connectivity index (χ1) is 16.3. The highest BCUT2D eigenvalue weighted by Crippen LogP contribution is 2.27. The largest absolute Gasteiger partial charge is 0.460 e. The van der Waals surface area contributed by atoms with Gasteiger partial charge >= 0.3 is 6.01 Å². The summed E-state index contributed by atoms with van der Waals surface area (Å²) in [6, 6.07) is 20.8. The van der Waals surface area contributed by atoms with Crippen LogP contribution in [-0.2, 0) is 0 Å². The van der Waals surface area contributed by atoms with E-state index in [0.717, 1.165) is 16.8 Å². The maximum absolute atomic E-state index is 12.5. The second kappa shape index (κ2) is 9.53. The van der Waals surface area contributed by atoms with Crippen molar-refractivity contribution in [3.63, 3.8) is 0 Å². The van der Waals surface area contributed by atoms with Crippen LogP contribution in [0.2, 0.25) is 0 Å². The van der Waals surface area contributed by atoms with Gasteiger partial charge in [0.05, 0.1) is 16.7 Å². The molecule has 0 spiro atoms. The molecule has 9 heteroatoms. The Balaban J connectivity index is 1.60. The minimum absolute atomic E-state index is 0.0704. The SMILES string of the molecule is Cc1ccccc1-c1nc(OC(C)C)nn1-c1ccc(NC(=O)c2ccc([N+](=O)[O-])cc2)cc1. The number of aromatic nitrogens is 3. The predicted molar refractivity (Wildman–Crippen MR) is 128 cm³/mol. The molecule has 0 unspecified atom stereocenters. The van der Waals surface area contributed by atoms with Gasteiger partial charge in [0, 0.05) is 28.9 Å². The number of aryl methyl sites for hydroxylation is 1. The van der Waals surface area contributed by atoms with Crippen LogP contribution in [0.4, 0.5) is 11.4 Å². The van der Waals surface area contributed by atoms with Gasteiger partial charge in [0.25, 0.3) is 11.6 Å². The summed E-state index contributed by atoms with van der Waals surface area (Å²) in [7, 11) is 0. The zero-order valence-corrected chi connectivity index (χ0v) is 18.9. The summed E-state index contributed by atoms with van der Waals surface area (Å²) in [6.45, 7) is 5.83. The van der Waals surface area contributed by atoms with Crippen LogP contribution < -0.4 is 10.1 Å². The van der Waals surface area contributed by atoms with E-state index in [1.807, 2.05) is 57.2 Å². The third kappa shape index (κ3) is 4.93. The lowest BCUT2D eigenvalue weighted by Crippen LogP contribution is -2.12. The van der Waals surface area contributed by atoms with Gasteiger partial charge < -0.3 is 10.1 Å². The number of carbonyl (C=O) groups is 1. The van der Waals surface area contributed by atoms with E-state index >= 15 is 0 Å². The van der Waals surface area contributed by atoms with E-state index in [4.69, 9.17) is 4.74 Å². The molecular weight excluding hydrogens is 434 g/mol. The average molecular weight is 457 g/mol. The minimum atomic E-state index is -0.507. The van der Waals surface area contributed by atoms with E-state index in [-0.39, 0.29) is 23.7 Å². The molecule has 0 fully saturated rings. The first-order valence-electron chi connectivity index (χ1n) is 10.7. The molecular formula is C25H23N5O4. The van der Waals surface area contributed by atoms with Crippen molar-refractivity contribution < 1.29 is 14.5 Å². The van der Waals surface area contributed by atoms with Crippen LogP contribution in [0.1, 0.15) is 29.8 Å². The highest BCUT2D eigenvalue weighted by atomic mass is 16.6. The van der Waals surface area contributed by atoms with Gasteiger partial charge in [-0.25, -0.2) is 4.68 Å². The van der Waals surface area contributed by atoms with Gasteiger partial charge in [0.1, 0.15) is 0 Å². The number of carbonyl (C=O) groups excluding carboxylic acids is 1. The number of anilines is 1. The Morgan fingerprint density at radius 3 is 2.32 bits per heavy atom. The fourth-order valence-corrected chi connectivity index (χ4v) is 3.36. The second-order valence-electron chi connectivity index (χ2n) is 7.92. The first-order valence-corrected chi connectivity index (χ1v) is 10.7. The van der Waals surface area contributed by atoms with Crippen molar-refractivity contribution >= 4 is 17.3 Å². The Kier molecular flexibility index (Phi) is 6.35. The first kappa shape index (κ1) is 22.7. The summed E-state index contributed by atoms with van der Waals surface area (Å²) in [5.74, 6) is 0.285. The number of nitrogens with zero attached hydrogens (tertiary/aromatic N) is 4. The third-order valence-corrected chi connectivity index (χ3v) is 5.02. The molecule has 0 radical (unpaired) electrons. The molecule has 0 aliphatic heterocycles. The monoisotopic (exact) mass is 457 g/mol. The van der Waals surface area contributed by atoms with Crippen molar-refractivity contribution in [2.24, 2.45) is 0 Å². The maximum Gasteiger partial charge on any atom is 0.336 e. The van der Waals surface area contributed by atoms with E-state index < -0.39 is 4.92 Å². The maximum atomic E-state index is 12.5. The molecule has 172 valence electrons. The molecule has 0 bridgehead atoms. The van der Waals surface area contributed by atoms with Crippen LogP contribution in [0, 0.1) is 17.0 Å². The molecule has 4 rings (SSSR count). The van der Waals surface area contributed by atoms with E-state index in [9.17, 15) is 14.9 Å². The number of nitro groups is 1. The van der Waals surface area contributed by atoms with Gasteiger partial charge in [-0.15, -0.1) is 5.10 Å². The van der Waals surface area contributed by atoms with Gasteiger partial charge in [0.2, 0.25) is 0 Å². The predicted octanol–water partition coefficient (Wildman–Crippen LogP) is 5.19. The molecule has 1 N–H and O–H groups in total. The zero-order chi connectivity index (χ0) is 24.2. The van der Waals surface area contributed by atoms with Crippen molar-refractivity contribution in [3.8, 4) is 23.1 Å². The topological polar surface area (TPSA) is 112 Å².